The molecule has 0 spiro atoms. The van der Waals surface area contributed by atoms with E-state index in [1.165, 1.54) is 11.3 Å². The van der Waals surface area contributed by atoms with Gasteiger partial charge in [0.2, 0.25) is 0 Å². The second-order valence-corrected chi connectivity index (χ2v) is 6.41. The minimum atomic E-state index is -0.0778. The summed E-state index contributed by atoms with van der Waals surface area (Å²) < 4.78 is 0. The lowest BCUT2D eigenvalue weighted by atomic mass is 10.2. The first-order valence-electron chi connectivity index (χ1n) is 6.85. The van der Waals surface area contributed by atoms with Crippen molar-refractivity contribution >= 4 is 34.7 Å². The molecule has 1 atom stereocenters. The van der Waals surface area contributed by atoms with Crippen LogP contribution in [0.1, 0.15) is 21.7 Å². The van der Waals surface area contributed by atoms with Gasteiger partial charge in [-0.15, -0.1) is 11.3 Å². The van der Waals surface area contributed by atoms with E-state index in [1.807, 2.05) is 30.5 Å². The Morgan fingerprint density at radius 3 is 3.05 bits per heavy atom. The fourth-order valence-corrected chi connectivity index (χ4v) is 3.64. The molecule has 1 unspecified atom stereocenters. The van der Waals surface area contributed by atoms with Crippen LogP contribution in [0.5, 0.6) is 0 Å². The lowest BCUT2D eigenvalue weighted by Crippen LogP contribution is -2.37. The molecule has 1 fully saturated rings. The fraction of sp³-hybridized carbons (Fsp3) is 0.333. The molecule has 110 valence electrons. The highest BCUT2D eigenvalue weighted by Crippen LogP contribution is 2.27. The number of thiophene rings is 1. The smallest absolute Gasteiger partial charge is 0.263 e. The topological polar surface area (TPSA) is 45.2 Å². The van der Waals surface area contributed by atoms with Gasteiger partial charge in [0.05, 0.1) is 5.02 Å². The van der Waals surface area contributed by atoms with Gasteiger partial charge in [-0.05, 0) is 36.4 Å². The van der Waals surface area contributed by atoms with Crippen molar-refractivity contribution in [3.05, 3.63) is 45.2 Å². The number of hydrogen-bond donors (Lipinski definition) is 1. The van der Waals surface area contributed by atoms with Gasteiger partial charge in [-0.1, -0.05) is 17.7 Å². The summed E-state index contributed by atoms with van der Waals surface area (Å²) in [7, 11) is 0. The van der Waals surface area contributed by atoms with E-state index in [0.717, 1.165) is 30.9 Å². The highest BCUT2D eigenvalue weighted by atomic mass is 35.5. The normalized spacial score (nSPS) is 18.0. The molecule has 0 radical (unpaired) electrons. The second kappa shape index (κ2) is 6.03. The van der Waals surface area contributed by atoms with Crippen LogP contribution in [0, 0.1) is 6.92 Å². The number of halogens is 1. The fourth-order valence-electron chi connectivity index (χ4n) is 2.46. The van der Waals surface area contributed by atoms with Gasteiger partial charge in [0.25, 0.3) is 5.91 Å². The van der Waals surface area contributed by atoms with Crippen LogP contribution in [-0.2, 0) is 0 Å². The van der Waals surface area contributed by atoms with Crippen LogP contribution >= 0.6 is 22.9 Å². The molecule has 0 saturated carbocycles. The van der Waals surface area contributed by atoms with Crippen molar-refractivity contribution in [2.24, 2.45) is 0 Å². The van der Waals surface area contributed by atoms with Gasteiger partial charge < -0.3 is 10.2 Å². The molecule has 3 heterocycles. The van der Waals surface area contributed by atoms with Gasteiger partial charge in [0, 0.05) is 25.3 Å². The summed E-state index contributed by atoms with van der Waals surface area (Å²) in [6.07, 6.45) is 2.71. The zero-order valence-electron chi connectivity index (χ0n) is 11.7. The Labute approximate surface area is 132 Å². The Hall–Kier alpha value is -1.59. The number of pyridine rings is 1. The number of aryl methyl sites for hydroxylation is 1. The number of carbonyl (C=O) groups is 1. The molecule has 0 aliphatic carbocycles. The molecule has 1 aliphatic heterocycles. The van der Waals surface area contributed by atoms with Crippen molar-refractivity contribution < 1.29 is 4.79 Å². The minimum Gasteiger partial charge on any atom is -0.354 e. The van der Waals surface area contributed by atoms with Crippen molar-refractivity contribution in [3.63, 3.8) is 0 Å². The number of rotatable bonds is 3. The van der Waals surface area contributed by atoms with Gasteiger partial charge >= 0.3 is 0 Å². The Balaban J connectivity index is 1.62. The summed E-state index contributed by atoms with van der Waals surface area (Å²) in [6, 6.07) is 6.00. The molecule has 6 heteroatoms. The first-order valence-corrected chi connectivity index (χ1v) is 8.11. The lowest BCUT2D eigenvalue weighted by Gasteiger charge is -2.17. The third kappa shape index (κ3) is 3.04. The van der Waals surface area contributed by atoms with Crippen molar-refractivity contribution in [2.45, 2.75) is 19.4 Å². The molecule has 0 aromatic carbocycles. The summed E-state index contributed by atoms with van der Waals surface area (Å²) in [5.74, 6) is 0.880. The van der Waals surface area contributed by atoms with Crippen LogP contribution in [0.15, 0.2) is 29.8 Å². The third-order valence-electron chi connectivity index (χ3n) is 3.60. The Morgan fingerprint density at radius 1 is 1.52 bits per heavy atom. The highest BCUT2D eigenvalue weighted by Gasteiger charge is 2.26. The zero-order chi connectivity index (χ0) is 14.8. The van der Waals surface area contributed by atoms with Gasteiger partial charge in [0.15, 0.2) is 0 Å². The first-order chi connectivity index (χ1) is 10.1. The monoisotopic (exact) mass is 321 g/mol. The van der Waals surface area contributed by atoms with Crippen molar-refractivity contribution in [3.8, 4) is 0 Å². The first kappa shape index (κ1) is 14.4. The van der Waals surface area contributed by atoms with E-state index < -0.39 is 0 Å². The van der Waals surface area contributed by atoms with Crippen LogP contribution in [0.3, 0.4) is 0 Å². The van der Waals surface area contributed by atoms with Gasteiger partial charge in [0.1, 0.15) is 10.7 Å². The van der Waals surface area contributed by atoms with Crippen LogP contribution in [0.2, 0.25) is 5.02 Å². The van der Waals surface area contributed by atoms with E-state index in [2.05, 4.69) is 15.2 Å². The van der Waals surface area contributed by atoms with E-state index in [1.54, 1.807) is 6.20 Å². The number of hydrogen-bond acceptors (Lipinski definition) is 4. The number of amides is 1. The average Bonchev–Trinajstić information content (AvgIpc) is 3.08. The molecule has 3 rings (SSSR count). The summed E-state index contributed by atoms with van der Waals surface area (Å²) in [4.78, 5) is 19.4. The summed E-state index contributed by atoms with van der Waals surface area (Å²) >= 11 is 7.54. The molecule has 2 aromatic heterocycles. The number of aromatic nitrogens is 1. The van der Waals surface area contributed by atoms with E-state index in [9.17, 15) is 4.79 Å². The van der Waals surface area contributed by atoms with Crippen LogP contribution < -0.4 is 10.2 Å². The molecule has 1 N–H and O–H groups in total. The third-order valence-corrected chi connectivity index (χ3v) is 5.30. The Bertz CT molecular complexity index is 644. The molecule has 0 bridgehead atoms. The number of nitrogens with one attached hydrogen (secondary N) is 1. The highest BCUT2D eigenvalue weighted by molar-refractivity contribution is 7.13. The molecule has 4 nitrogen and oxygen atoms in total. The zero-order valence-corrected chi connectivity index (χ0v) is 13.2. The Kier molecular flexibility index (Phi) is 4.12. The van der Waals surface area contributed by atoms with Gasteiger partial charge in [-0.25, -0.2) is 4.98 Å². The second-order valence-electron chi connectivity index (χ2n) is 5.15. The van der Waals surface area contributed by atoms with Crippen molar-refractivity contribution in [1.82, 2.24) is 10.3 Å². The summed E-state index contributed by atoms with van der Waals surface area (Å²) in [5, 5.41) is 5.54. The van der Waals surface area contributed by atoms with Crippen molar-refractivity contribution in [1.29, 1.82) is 0 Å². The van der Waals surface area contributed by atoms with E-state index in [4.69, 9.17) is 11.6 Å². The van der Waals surface area contributed by atoms with E-state index in [-0.39, 0.29) is 11.9 Å². The van der Waals surface area contributed by atoms with Crippen LogP contribution in [-0.4, -0.2) is 30.0 Å². The van der Waals surface area contributed by atoms with E-state index in [0.29, 0.717) is 9.90 Å². The molecule has 21 heavy (non-hydrogen) atoms. The standard InChI is InChI=1S/C15H16ClN3OS/c1-10-9-21-14(13(10)16)15(20)18-11-5-7-19(8-11)12-4-2-3-6-17-12/h2-4,6,9,11H,5,7-8H2,1H3,(H,18,20). The number of anilines is 1. The quantitative estimate of drug-likeness (QED) is 0.944. The number of nitrogens with zero attached hydrogens (tertiary/aromatic N) is 2. The average molecular weight is 322 g/mol. The SMILES string of the molecule is Cc1csc(C(=O)NC2CCN(c3ccccn3)C2)c1Cl. The van der Waals surface area contributed by atoms with Gasteiger partial charge in [-0.2, -0.15) is 0 Å². The predicted octanol–water partition coefficient (Wildman–Crippen LogP) is 3.11. The summed E-state index contributed by atoms with van der Waals surface area (Å²) in [6.45, 7) is 3.60. The molecular formula is C15H16ClN3OS. The van der Waals surface area contributed by atoms with Crippen molar-refractivity contribution in [2.75, 3.05) is 18.0 Å². The molecule has 1 saturated heterocycles. The minimum absolute atomic E-state index is 0.0778. The molecule has 1 amide bonds. The Morgan fingerprint density at radius 2 is 2.38 bits per heavy atom. The predicted molar refractivity (Wildman–Crippen MR) is 86.4 cm³/mol. The molecule has 2 aromatic rings. The van der Waals surface area contributed by atoms with Crippen LogP contribution in [0.25, 0.3) is 0 Å². The maximum Gasteiger partial charge on any atom is 0.263 e. The van der Waals surface area contributed by atoms with E-state index >= 15 is 0 Å². The molecular weight excluding hydrogens is 306 g/mol. The maximum absolute atomic E-state index is 12.3. The number of carbonyl (C=O) groups excluding carboxylic acids is 1. The van der Waals surface area contributed by atoms with Crippen LogP contribution in [0.4, 0.5) is 5.82 Å². The largest absolute Gasteiger partial charge is 0.354 e. The summed E-state index contributed by atoms with van der Waals surface area (Å²) in [5.41, 5.74) is 0.952. The molecule has 1 aliphatic rings. The maximum atomic E-state index is 12.3. The van der Waals surface area contributed by atoms with Gasteiger partial charge in [-0.3, -0.25) is 4.79 Å². The lowest BCUT2D eigenvalue weighted by molar-refractivity contribution is 0.0944.